The lowest BCUT2D eigenvalue weighted by molar-refractivity contribution is -0.116. The van der Waals surface area contributed by atoms with E-state index in [0.29, 0.717) is 28.4 Å². The summed E-state index contributed by atoms with van der Waals surface area (Å²) in [5.74, 6) is -0.257. The number of hydrogen-bond donors (Lipinski definition) is 1. The van der Waals surface area contributed by atoms with Crippen LogP contribution in [0, 0.1) is 5.82 Å². The number of rotatable bonds is 4. The largest absolute Gasteiger partial charge is 0.311 e. The lowest BCUT2D eigenvalue weighted by Crippen LogP contribution is -2.30. The van der Waals surface area contributed by atoms with Crippen molar-refractivity contribution >= 4 is 34.4 Å². The highest BCUT2D eigenvalue weighted by Gasteiger charge is 2.24. The number of amides is 1. The molecule has 150 valence electrons. The first kappa shape index (κ1) is 18.6. The second-order valence-electron chi connectivity index (χ2n) is 6.85. The maximum absolute atomic E-state index is 13.2. The van der Waals surface area contributed by atoms with Crippen molar-refractivity contribution in [3.05, 3.63) is 76.5 Å². The molecule has 0 spiro atoms. The third kappa shape index (κ3) is 3.26. The van der Waals surface area contributed by atoms with Crippen molar-refractivity contribution in [3.8, 4) is 5.69 Å². The molecule has 1 aliphatic heterocycles. The van der Waals surface area contributed by atoms with Gasteiger partial charge in [-0.1, -0.05) is 30.0 Å². The summed E-state index contributed by atoms with van der Waals surface area (Å²) in [5.41, 5.74) is 2.70. The van der Waals surface area contributed by atoms with E-state index in [0.717, 1.165) is 17.7 Å². The van der Waals surface area contributed by atoms with Crippen LogP contribution in [0.5, 0.6) is 0 Å². The quantitative estimate of drug-likeness (QED) is 0.405. The topological polar surface area (TPSA) is 83.9 Å². The van der Waals surface area contributed by atoms with Gasteiger partial charge in [0.2, 0.25) is 5.91 Å². The summed E-state index contributed by atoms with van der Waals surface area (Å²) in [6.07, 6.45) is 2.26. The number of thioether (sulfide) groups is 1. The van der Waals surface area contributed by atoms with Crippen molar-refractivity contribution in [3.63, 3.8) is 0 Å². The molecule has 1 amide bonds. The third-order valence-corrected chi connectivity index (χ3v) is 5.87. The average molecular weight is 421 g/mol. The average Bonchev–Trinajstić information content (AvgIpc) is 3.37. The van der Waals surface area contributed by atoms with Crippen LogP contribution < -0.4 is 10.5 Å². The maximum atomic E-state index is 13.2. The van der Waals surface area contributed by atoms with Crippen LogP contribution in [0.2, 0.25) is 0 Å². The van der Waals surface area contributed by atoms with Gasteiger partial charge in [0.25, 0.3) is 5.56 Å². The molecule has 30 heavy (non-hydrogen) atoms. The number of para-hydroxylation sites is 1. The lowest BCUT2D eigenvalue weighted by Gasteiger charge is -2.16. The summed E-state index contributed by atoms with van der Waals surface area (Å²) in [6.45, 7) is 0.652. The number of benzene rings is 2. The predicted molar refractivity (Wildman–Crippen MR) is 113 cm³/mol. The number of anilines is 1. The molecule has 7 nitrogen and oxygen atoms in total. The summed E-state index contributed by atoms with van der Waals surface area (Å²) in [7, 11) is 0. The molecule has 2 aromatic carbocycles. The van der Waals surface area contributed by atoms with Crippen molar-refractivity contribution in [1.29, 1.82) is 0 Å². The maximum Gasteiger partial charge on any atom is 0.262 e. The van der Waals surface area contributed by atoms with Gasteiger partial charge in [-0.05, 0) is 42.3 Å². The normalized spacial score (nSPS) is 13.0. The summed E-state index contributed by atoms with van der Waals surface area (Å²) >= 11 is 1.17. The Morgan fingerprint density at radius 1 is 1.17 bits per heavy atom. The Labute approximate surface area is 174 Å². The highest BCUT2D eigenvalue weighted by atomic mass is 32.2. The lowest BCUT2D eigenvalue weighted by atomic mass is 10.2. The zero-order chi connectivity index (χ0) is 20.7. The van der Waals surface area contributed by atoms with E-state index < -0.39 is 0 Å². The first-order chi connectivity index (χ1) is 14.6. The Morgan fingerprint density at radius 3 is 2.80 bits per heavy atom. The van der Waals surface area contributed by atoms with Gasteiger partial charge in [0.05, 0.1) is 17.6 Å². The Morgan fingerprint density at radius 2 is 1.97 bits per heavy atom. The Kier molecular flexibility index (Phi) is 4.59. The predicted octanol–water partition coefficient (Wildman–Crippen LogP) is 2.93. The SMILES string of the molecule is O=C(CSc1nc2c(cnn2-c2ccc(F)cc2)c(=O)[nH]1)N1CCc2ccccc21. The van der Waals surface area contributed by atoms with Gasteiger partial charge in [-0.3, -0.25) is 9.59 Å². The second-order valence-corrected chi connectivity index (χ2v) is 7.82. The minimum absolute atomic E-state index is 0.0419. The van der Waals surface area contributed by atoms with E-state index in [4.69, 9.17) is 0 Å². The van der Waals surface area contributed by atoms with E-state index in [1.165, 1.54) is 34.8 Å². The summed E-state index contributed by atoms with van der Waals surface area (Å²) in [4.78, 5) is 34.1. The van der Waals surface area contributed by atoms with E-state index in [9.17, 15) is 14.0 Å². The molecule has 1 N–H and O–H groups in total. The van der Waals surface area contributed by atoms with Gasteiger partial charge >= 0.3 is 0 Å². The zero-order valence-corrected chi connectivity index (χ0v) is 16.5. The van der Waals surface area contributed by atoms with E-state index in [-0.39, 0.29) is 23.0 Å². The number of aromatic nitrogens is 4. The number of H-pyrrole nitrogens is 1. The van der Waals surface area contributed by atoms with Gasteiger partial charge in [0, 0.05) is 12.2 Å². The molecule has 0 atom stereocenters. The molecule has 5 rings (SSSR count). The number of carbonyl (C=O) groups is 1. The minimum Gasteiger partial charge on any atom is -0.311 e. The molecule has 0 unspecified atom stereocenters. The van der Waals surface area contributed by atoms with E-state index in [1.807, 2.05) is 24.3 Å². The Hall–Kier alpha value is -3.46. The molecule has 0 aliphatic carbocycles. The molecule has 3 heterocycles. The monoisotopic (exact) mass is 421 g/mol. The van der Waals surface area contributed by atoms with Crippen molar-refractivity contribution in [2.75, 3.05) is 17.2 Å². The Balaban J connectivity index is 1.40. The second kappa shape index (κ2) is 7.42. The highest BCUT2D eigenvalue weighted by Crippen LogP contribution is 2.28. The highest BCUT2D eigenvalue weighted by molar-refractivity contribution is 7.99. The van der Waals surface area contributed by atoms with Crippen LogP contribution in [-0.4, -0.2) is 38.0 Å². The van der Waals surface area contributed by atoms with Crippen LogP contribution in [0.4, 0.5) is 10.1 Å². The van der Waals surface area contributed by atoms with Crippen molar-refractivity contribution in [2.45, 2.75) is 11.6 Å². The van der Waals surface area contributed by atoms with E-state index in [1.54, 1.807) is 17.0 Å². The molecule has 2 aromatic heterocycles. The molecule has 1 aliphatic rings. The molecule has 0 bridgehead atoms. The Bertz CT molecular complexity index is 1320. The van der Waals surface area contributed by atoms with E-state index in [2.05, 4.69) is 15.1 Å². The summed E-state index contributed by atoms with van der Waals surface area (Å²) < 4.78 is 14.7. The fraction of sp³-hybridized carbons (Fsp3) is 0.143. The number of halogens is 1. The van der Waals surface area contributed by atoms with E-state index >= 15 is 0 Å². The molecular weight excluding hydrogens is 405 g/mol. The smallest absolute Gasteiger partial charge is 0.262 e. The van der Waals surface area contributed by atoms with Gasteiger partial charge in [0.1, 0.15) is 11.2 Å². The number of hydrogen-bond acceptors (Lipinski definition) is 5. The molecule has 0 saturated carbocycles. The first-order valence-electron chi connectivity index (χ1n) is 9.35. The third-order valence-electron chi connectivity index (χ3n) is 5.01. The van der Waals surface area contributed by atoms with Crippen LogP contribution in [0.25, 0.3) is 16.7 Å². The molecular formula is C21H16FN5O2S. The van der Waals surface area contributed by atoms with Crippen LogP contribution >= 0.6 is 11.8 Å². The minimum atomic E-state index is -0.362. The van der Waals surface area contributed by atoms with Crippen LogP contribution in [0.1, 0.15) is 5.56 Å². The van der Waals surface area contributed by atoms with Crippen LogP contribution in [-0.2, 0) is 11.2 Å². The standard InChI is InChI=1S/C21H16FN5O2S/c22-14-5-7-15(8-6-14)27-19-16(11-23-27)20(29)25-21(24-19)30-12-18(28)26-10-9-13-3-1-2-4-17(13)26/h1-8,11H,9-10,12H2,(H,24,25,29). The molecule has 9 heteroatoms. The molecule has 0 fully saturated rings. The number of fused-ring (bicyclic) bond motifs is 2. The van der Waals surface area contributed by atoms with Crippen molar-refractivity contribution in [1.82, 2.24) is 19.7 Å². The zero-order valence-electron chi connectivity index (χ0n) is 15.7. The molecule has 0 saturated heterocycles. The fourth-order valence-corrected chi connectivity index (χ4v) is 4.28. The molecule has 0 radical (unpaired) electrons. The van der Waals surface area contributed by atoms with Crippen molar-refractivity contribution < 1.29 is 9.18 Å². The number of carbonyl (C=O) groups excluding carboxylic acids is 1. The number of nitrogens with one attached hydrogen (secondary N) is 1. The molecule has 4 aromatic rings. The van der Waals surface area contributed by atoms with Crippen LogP contribution in [0.3, 0.4) is 0 Å². The van der Waals surface area contributed by atoms with Gasteiger partial charge in [-0.2, -0.15) is 5.10 Å². The van der Waals surface area contributed by atoms with Gasteiger partial charge in [-0.15, -0.1) is 0 Å². The van der Waals surface area contributed by atoms with Crippen molar-refractivity contribution in [2.24, 2.45) is 0 Å². The van der Waals surface area contributed by atoms with Gasteiger partial charge < -0.3 is 9.88 Å². The number of aromatic amines is 1. The fourth-order valence-electron chi connectivity index (χ4n) is 3.54. The first-order valence-corrected chi connectivity index (χ1v) is 10.3. The summed E-state index contributed by atoms with van der Waals surface area (Å²) in [6, 6.07) is 13.6. The summed E-state index contributed by atoms with van der Waals surface area (Å²) in [5, 5.41) is 4.86. The van der Waals surface area contributed by atoms with Crippen LogP contribution in [0.15, 0.2) is 64.7 Å². The van der Waals surface area contributed by atoms with Gasteiger partial charge in [-0.25, -0.2) is 14.1 Å². The number of nitrogens with zero attached hydrogens (tertiary/aromatic N) is 4. The van der Waals surface area contributed by atoms with Gasteiger partial charge in [0.15, 0.2) is 10.8 Å².